The van der Waals surface area contributed by atoms with Crippen molar-refractivity contribution in [1.82, 2.24) is 4.90 Å². The van der Waals surface area contributed by atoms with Crippen molar-refractivity contribution in [3.8, 4) is 0 Å². The molecule has 2 amide bonds. The molecule has 7 heteroatoms. The molecule has 3 atom stereocenters. The number of fused-ring (bicyclic) bond motifs is 3. The topological polar surface area (TPSA) is 60.9 Å². The number of carbonyl (C=O) groups excluding carboxylic acids is 2. The van der Waals surface area contributed by atoms with E-state index in [4.69, 9.17) is 0 Å². The number of rotatable bonds is 3. The van der Waals surface area contributed by atoms with E-state index in [1.165, 1.54) is 41.3 Å². The molecule has 5 rings (SSSR count). The van der Waals surface area contributed by atoms with Gasteiger partial charge in [-0.2, -0.15) is 0 Å². The number of nitrogens with zero attached hydrogens (tertiary/aromatic N) is 2. The summed E-state index contributed by atoms with van der Waals surface area (Å²) in [6.07, 6.45) is 0. The van der Waals surface area contributed by atoms with Gasteiger partial charge in [0.1, 0.15) is 11.6 Å². The van der Waals surface area contributed by atoms with Gasteiger partial charge < -0.3 is 14.9 Å². The summed E-state index contributed by atoms with van der Waals surface area (Å²) >= 11 is 0. The smallest absolute Gasteiger partial charge is 0.258 e. The molecule has 0 radical (unpaired) electrons. The zero-order chi connectivity index (χ0) is 22.4. The van der Waals surface area contributed by atoms with E-state index < -0.39 is 29.6 Å². The van der Waals surface area contributed by atoms with Crippen molar-refractivity contribution in [1.29, 1.82) is 0 Å². The van der Waals surface area contributed by atoms with Gasteiger partial charge in [0.2, 0.25) is 0 Å². The third kappa shape index (κ3) is 3.17. The van der Waals surface area contributed by atoms with Crippen LogP contribution in [0.15, 0.2) is 72.8 Å². The fraction of sp³-hybridized carbons (Fsp3) is 0.200. The highest BCUT2D eigenvalue weighted by Gasteiger charge is 2.55. The van der Waals surface area contributed by atoms with E-state index in [2.05, 4.69) is 0 Å². The van der Waals surface area contributed by atoms with Gasteiger partial charge >= 0.3 is 0 Å². The van der Waals surface area contributed by atoms with Gasteiger partial charge in [0.25, 0.3) is 11.8 Å². The van der Waals surface area contributed by atoms with Crippen LogP contribution in [-0.2, 0) is 0 Å². The second-order valence-corrected chi connectivity index (χ2v) is 8.05. The van der Waals surface area contributed by atoms with Gasteiger partial charge in [-0.15, -0.1) is 0 Å². The first-order chi connectivity index (χ1) is 15.5. The molecular weight excluding hydrogens is 414 g/mol. The summed E-state index contributed by atoms with van der Waals surface area (Å²) in [5, 5.41) is 10.1. The van der Waals surface area contributed by atoms with E-state index in [0.29, 0.717) is 5.69 Å². The van der Waals surface area contributed by atoms with Gasteiger partial charge in [-0.25, -0.2) is 8.78 Å². The number of aliphatic hydroxyl groups is 1. The molecule has 5 nitrogen and oxygen atoms in total. The summed E-state index contributed by atoms with van der Waals surface area (Å²) in [6.45, 7) is -0.0665. The van der Waals surface area contributed by atoms with E-state index in [1.54, 1.807) is 11.0 Å². The number of para-hydroxylation sites is 1. The van der Waals surface area contributed by atoms with Crippen molar-refractivity contribution >= 4 is 17.5 Å². The lowest BCUT2D eigenvalue weighted by Crippen LogP contribution is -2.70. The average Bonchev–Trinajstić information content (AvgIpc) is 2.79. The van der Waals surface area contributed by atoms with Crippen LogP contribution in [-0.4, -0.2) is 47.1 Å². The van der Waals surface area contributed by atoms with Gasteiger partial charge in [-0.1, -0.05) is 30.3 Å². The zero-order valence-electron chi connectivity index (χ0n) is 17.0. The molecular formula is C25H20F2N2O3. The van der Waals surface area contributed by atoms with Crippen LogP contribution in [0.2, 0.25) is 0 Å². The first-order valence-corrected chi connectivity index (χ1v) is 10.3. The minimum atomic E-state index is -0.523. The van der Waals surface area contributed by atoms with Crippen molar-refractivity contribution in [3.63, 3.8) is 0 Å². The molecule has 0 aliphatic carbocycles. The second kappa shape index (κ2) is 7.84. The molecule has 0 bridgehead atoms. The van der Waals surface area contributed by atoms with Crippen molar-refractivity contribution < 1.29 is 23.5 Å². The predicted octanol–water partition coefficient (Wildman–Crippen LogP) is 3.59. The number of benzene rings is 3. The molecule has 0 aromatic heterocycles. The maximum absolute atomic E-state index is 13.7. The molecule has 162 valence electrons. The molecule has 2 aliphatic rings. The van der Waals surface area contributed by atoms with Crippen LogP contribution in [0.5, 0.6) is 0 Å². The van der Waals surface area contributed by atoms with Crippen LogP contribution in [0.4, 0.5) is 14.5 Å². The number of halogens is 2. The van der Waals surface area contributed by atoms with Gasteiger partial charge in [0.05, 0.1) is 18.7 Å². The first-order valence-electron chi connectivity index (χ1n) is 10.3. The van der Waals surface area contributed by atoms with Crippen molar-refractivity contribution in [3.05, 3.63) is 101 Å². The lowest BCUT2D eigenvalue weighted by Gasteiger charge is -2.58. The van der Waals surface area contributed by atoms with Gasteiger partial charge in [0, 0.05) is 29.3 Å². The number of likely N-dealkylation sites (tertiary alicyclic amines) is 1. The summed E-state index contributed by atoms with van der Waals surface area (Å²) in [4.78, 5) is 29.6. The Kier molecular flexibility index (Phi) is 4.98. The molecule has 0 unspecified atom stereocenters. The Balaban J connectivity index is 1.53. The summed E-state index contributed by atoms with van der Waals surface area (Å²) in [5.41, 5.74) is 1.92. The third-order valence-corrected chi connectivity index (χ3v) is 6.31. The van der Waals surface area contributed by atoms with Crippen molar-refractivity contribution in [2.45, 2.75) is 18.0 Å². The third-order valence-electron chi connectivity index (χ3n) is 6.31. The Morgan fingerprint density at radius 2 is 1.50 bits per heavy atom. The standard InChI is InChI=1S/C25H20F2N2O3/c26-17-7-3-5-15(11-17)24(31)28-13-21-23(19-9-1-2-10-20(19)28)22(14-30)29(21)25(32)16-6-4-8-18(27)12-16/h1-12,21-23,30H,13-14H2/t21-,22-,23+/m0/s1. The Morgan fingerprint density at radius 3 is 2.12 bits per heavy atom. The molecule has 32 heavy (non-hydrogen) atoms. The van der Waals surface area contributed by atoms with Crippen LogP contribution in [0.3, 0.4) is 0 Å². The van der Waals surface area contributed by atoms with E-state index in [9.17, 15) is 23.5 Å². The van der Waals surface area contributed by atoms with E-state index in [0.717, 1.165) is 11.6 Å². The summed E-state index contributed by atoms with van der Waals surface area (Å²) < 4.78 is 27.5. The summed E-state index contributed by atoms with van der Waals surface area (Å²) in [6, 6.07) is 17.4. The molecule has 2 heterocycles. The summed E-state index contributed by atoms with van der Waals surface area (Å²) in [7, 11) is 0. The lowest BCUT2D eigenvalue weighted by molar-refractivity contribution is -0.0246. The van der Waals surface area contributed by atoms with Gasteiger partial charge in [0.15, 0.2) is 0 Å². The summed E-state index contributed by atoms with van der Waals surface area (Å²) in [5.74, 6) is -1.97. The largest absolute Gasteiger partial charge is 0.394 e. The average molecular weight is 434 g/mol. The molecule has 3 aromatic rings. The monoisotopic (exact) mass is 434 g/mol. The van der Waals surface area contributed by atoms with Crippen LogP contribution in [0, 0.1) is 11.6 Å². The molecule has 0 saturated carbocycles. The number of hydrogen-bond acceptors (Lipinski definition) is 3. The minimum Gasteiger partial charge on any atom is -0.394 e. The molecule has 3 aromatic carbocycles. The molecule has 1 fully saturated rings. The number of amides is 2. The second-order valence-electron chi connectivity index (χ2n) is 8.05. The normalized spacial score (nSPS) is 21.4. The quantitative estimate of drug-likeness (QED) is 0.685. The van der Waals surface area contributed by atoms with E-state index >= 15 is 0 Å². The Labute approximate surface area is 183 Å². The predicted molar refractivity (Wildman–Crippen MR) is 114 cm³/mol. The van der Waals surface area contributed by atoms with Crippen molar-refractivity contribution in [2.24, 2.45) is 0 Å². The molecule has 2 aliphatic heterocycles. The van der Waals surface area contributed by atoms with Crippen LogP contribution in [0.25, 0.3) is 0 Å². The van der Waals surface area contributed by atoms with Crippen LogP contribution >= 0.6 is 0 Å². The van der Waals surface area contributed by atoms with Gasteiger partial charge in [-0.3, -0.25) is 9.59 Å². The number of hydrogen-bond donors (Lipinski definition) is 1. The van der Waals surface area contributed by atoms with E-state index in [-0.39, 0.29) is 36.1 Å². The van der Waals surface area contributed by atoms with Crippen LogP contribution in [0.1, 0.15) is 32.2 Å². The van der Waals surface area contributed by atoms with Crippen LogP contribution < -0.4 is 4.90 Å². The van der Waals surface area contributed by atoms with E-state index in [1.807, 2.05) is 24.3 Å². The Bertz CT molecular complexity index is 1220. The number of anilines is 1. The Hall–Kier alpha value is -3.58. The van der Waals surface area contributed by atoms with Gasteiger partial charge in [-0.05, 0) is 48.0 Å². The SMILES string of the molecule is O=C(c1cccc(F)c1)N1C[C@H]2[C@@H](c3ccccc31)[C@H](CO)N2C(=O)c1cccc(F)c1. The Morgan fingerprint density at radius 1 is 0.875 bits per heavy atom. The molecule has 1 N–H and O–H groups in total. The van der Waals surface area contributed by atoms with Crippen molar-refractivity contribution in [2.75, 3.05) is 18.1 Å². The minimum absolute atomic E-state index is 0.162. The highest BCUT2D eigenvalue weighted by atomic mass is 19.1. The fourth-order valence-electron chi connectivity index (χ4n) is 4.91. The lowest BCUT2D eigenvalue weighted by atomic mass is 9.71. The zero-order valence-corrected chi connectivity index (χ0v) is 17.0. The number of aliphatic hydroxyl groups excluding tert-OH is 1. The highest BCUT2D eigenvalue weighted by molar-refractivity contribution is 6.07. The molecule has 0 spiro atoms. The molecule has 1 saturated heterocycles. The first kappa shape index (κ1) is 20.3. The highest BCUT2D eigenvalue weighted by Crippen LogP contribution is 2.48. The maximum atomic E-state index is 13.7. The fourth-order valence-corrected chi connectivity index (χ4v) is 4.91. The maximum Gasteiger partial charge on any atom is 0.258 e. The number of carbonyl (C=O) groups is 2.